The normalized spacial score (nSPS) is 30.0. The van der Waals surface area contributed by atoms with Crippen LogP contribution >= 0.6 is 0 Å². The van der Waals surface area contributed by atoms with Gasteiger partial charge in [-0.25, -0.2) is 4.79 Å². The number of carboxylic acids is 2. The number of carbonyl (C=O) groups is 5. The third kappa shape index (κ3) is 8.13. The van der Waals surface area contributed by atoms with Crippen LogP contribution in [0.3, 0.4) is 0 Å². The second kappa shape index (κ2) is 14.2. The molecule has 0 radical (unpaired) electrons. The summed E-state index contributed by atoms with van der Waals surface area (Å²) < 4.78 is 16.3. The van der Waals surface area contributed by atoms with Crippen LogP contribution in [-0.2, 0) is 38.2 Å². The second-order valence-electron chi connectivity index (χ2n) is 10.8. The van der Waals surface area contributed by atoms with Crippen LogP contribution in [0.25, 0.3) is 0 Å². The second-order valence-corrected chi connectivity index (χ2v) is 10.8. The van der Waals surface area contributed by atoms with Crippen LogP contribution < -0.4 is 56.5 Å². The standard InChI is InChI=1S/C28H36O10.K/c1-17-4-7-20-27(2,19(17)6-5-18-13-15-36-26(18)35)14-12-21(38-25(34)11-9-23(31)32)28(20,3)16-37-24(33)10-8-22(29)30;/h5-6,13,19-21H,1,4,7-12,14-16H2,2-3H3,(H,29,30)(H,31,32);/q;+1/p-1/t19?,20?,21-,27+,28+;/m1./s1. The van der Waals surface area contributed by atoms with Crippen molar-refractivity contribution in [1.29, 1.82) is 0 Å². The summed E-state index contributed by atoms with van der Waals surface area (Å²) in [5.74, 6) is -4.38. The van der Waals surface area contributed by atoms with Gasteiger partial charge in [0, 0.05) is 17.3 Å². The number of aliphatic carboxylic acids is 2. The van der Waals surface area contributed by atoms with Crippen LogP contribution in [0.2, 0.25) is 0 Å². The Morgan fingerprint density at radius 1 is 1.15 bits per heavy atom. The van der Waals surface area contributed by atoms with Crippen LogP contribution in [0.15, 0.2) is 36.0 Å². The summed E-state index contributed by atoms with van der Waals surface area (Å²) in [6.07, 6.45) is 5.84. The number of fused-ring (bicyclic) bond motifs is 1. The Balaban J connectivity index is 0.00000533. The monoisotopic (exact) mass is 570 g/mol. The van der Waals surface area contributed by atoms with Gasteiger partial charge < -0.3 is 29.2 Å². The van der Waals surface area contributed by atoms with Crippen LogP contribution in [0.4, 0.5) is 0 Å². The maximum Gasteiger partial charge on any atom is 1.00 e. The fourth-order valence-electron chi connectivity index (χ4n) is 6.30. The number of ether oxygens (including phenoxy) is 3. The molecular formula is C28H35KO10. The van der Waals surface area contributed by atoms with Crippen molar-refractivity contribution in [2.45, 2.75) is 71.3 Å². The van der Waals surface area contributed by atoms with Crippen molar-refractivity contribution in [1.82, 2.24) is 0 Å². The Bertz CT molecular complexity index is 1060. The van der Waals surface area contributed by atoms with Gasteiger partial charge in [-0.3, -0.25) is 14.4 Å². The summed E-state index contributed by atoms with van der Waals surface area (Å²) in [5.41, 5.74) is 0.290. The van der Waals surface area contributed by atoms with Crippen LogP contribution in [0.1, 0.15) is 65.2 Å². The molecule has 39 heavy (non-hydrogen) atoms. The average molecular weight is 571 g/mol. The predicted molar refractivity (Wildman–Crippen MR) is 131 cm³/mol. The van der Waals surface area contributed by atoms with Gasteiger partial charge in [0.25, 0.3) is 0 Å². The number of carbonyl (C=O) groups excluding carboxylic acids is 4. The van der Waals surface area contributed by atoms with Gasteiger partial charge in [-0.1, -0.05) is 38.2 Å². The first-order chi connectivity index (χ1) is 17.9. The molecule has 1 heterocycles. The molecule has 208 valence electrons. The van der Waals surface area contributed by atoms with Gasteiger partial charge in [-0.05, 0) is 49.5 Å². The van der Waals surface area contributed by atoms with Crippen LogP contribution in [0, 0.1) is 22.7 Å². The zero-order chi connectivity index (χ0) is 28.1. The molecule has 0 aromatic heterocycles. The van der Waals surface area contributed by atoms with Gasteiger partial charge in [-0.2, -0.15) is 0 Å². The molecule has 0 amide bonds. The van der Waals surface area contributed by atoms with Crippen molar-refractivity contribution >= 4 is 29.8 Å². The minimum Gasteiger partial charge on any atom is -0.550 e. The Morgan fingerprint density at radius 2 is 1.85 bits per heavy atom. The Hall–Kier alpha value is -1.79. The van der Waals surface area contributed by atoms with Gasteiger partial charge in [-0.15, -0.1) is 0 Å². The molecule has 0 spiro atoms. The molecule has 5 atom stereocenters. The number of cyclic esters (lactones) is 1. The van der Waals surface area contributed by atoms with Crippen LogP contribution in [-0.4, -0.2) is 54.3 Å². The van der Waals surface area contributed by atoms with E-state index in [2.05, 4.69) is 13.5 Å². The predicted octanol–water partition coefficient (Wildman–Crippen LogP) is -0.731. The van der Waals surface area contributed by atoms with E-state index in [9.17, 15) is 29.1 Å². The van der Waals surface area contributed by atoms with Gasteiger partial charge in [0.15, 0.2) is 0 Å². The molecule has 3 aliphatic rings. The van der Waals surface area contributed by atoms with Gasteiger partial charge in [0.05, 0.1) is 24.8 Å². The molecule has 2 saturated carbocycles. The summed E-state index contributed by atoms with van der Waals surface area (Å²) in [6.45, 7) is 8.44. The van der Waals surface area contributed by atoms with Crippen molar-refractivity contribution in [2.75, 3.05) is 13.2 Å². The third-order valence-corrected chi connectivity index (χ3v) is 8.29. The zero-order valence-electron chi connectivity index (χ0n) is 22.9. The Morgan fingerprint density at radius 3 is 2.46 bits per heavy atom. The van der Waals surface area contributed by atoms with E-state index in [4.69, 9.17) is 19.3 Å². The van der Waals surface area contributed by atoms with Crippen molar-refractivity contribution in [3.05, 3.63) is 36.0 Å². The number of allylic oxidation sites excluding steroid dienone is 2. The van der Waals surface area contributed by atoms with E-state index in [1.807, 2.05) is 13.0 Å². The van der Waals surface area contributed by atoms with E-state index < -0.39 is 41.8 Å². The van der Waals surface area contributed by atoms with E-state index in [0.29, 0.717) is 31.3 Å². The maximum absolute atomic E-state index is 12.5. The number of hydrogen-bond donors (Lipinski definition) is 1. The molecule has 2 unspecified atom stereocenters. The van der Waals surface area contributed by atoms with Crippen molar-refractivity contribution in [3.8, 4) is 0 Å². The summed E-state index contributed by atoms with van der Waals surface area (Å²) in [6, 6.07) is 0. The summed E-state index contributed by atoms with van der Waals surface area (Å²) >= 11 is 0. The number of rotatable bonds is 11. The molecule has 11 heteroatoms. The summed E-state index contributed by atoms with van der Waals surface area (Å²) in [7, 11) is 0. The molecule has 0 saturated heterocycles. The molecule has 2 fully saturated rings. The van der Waals surface area contributed by atoms with Crippen molar-refractivity contribution in [3.63, 3.8) is 0 Å². The quantitative estimate of drug-likeness (QED) is 0.145. The Kier molecular flexibility index (Phi) is 12.2. The Labute approximate surface area is 270 Å². The topological polar surface area (TPSA) is 156 Å². The molecule has 1 N–H and O–H groups in total. The zero-order valence-corrected chi connectivity index (χ0v) is 26.0. The molecule has 1 aliphatic heterocycles. The molecule has 0 aromatic carbocycles. The fraction of sp³-hybridized carbons (Fsp3) is 0.607. The van der Waals surface area contributed by atoms with Crippen LogP contribution in [0.5, 0.6) is 0 Å². The number of carboxylic acid groups (broad SMARTS) is 2. The molecular weight excluding hydrogens is 535 g/mol. The average Bonchev–Trinajstić information content (AvgIpc) is 3.26. The first kappa shape index (κ1) is 33.4. The largest absolute Gasteiger partial charge is 1.00 e. The van der Waals surface area contributed by atoms with Gasteiger partial charge in [0.2, 0.25) is 0 Å². The number of esters is 3. The van der Waals surface area contributed by atoms with E-state index in [1.165, 1.54) is 0 Å². The molecule has 2 aliphatic carbocycles. The van der Waals surface area contributed by atoms with Crippen molar-refractivity contribution < 1.29 is 99.8 Å². The smallest absolute Gasteiger partial charge is 0.550 e. The minimum atomic E-state index is -1.36. The van der Waals surface area contributed by atoms with Gasteiger partial charge >= 0.3 is 75.3 Å². The molecule has 3 rings (SSSR count). The number of hydrogen-bond acceptors (Lipinski definition) is 9. The summed E-state index contributed by atoms with van der Waals surface area (Å²) in [4.78, 5) is 58.5. The van der Waals surface area contributed by atoms with E-state index in [0.717, 1.165) is 5.57 Å². The SMILES string of the molecule is C=C1CCC2[C@@](C)(CC[C@@H](OC(=O)CCC(=O)O)[C@@]2(C)COC(=O)CCC(=O)[O-])C1C=CC1=CCOC1=O.[K+]. The third-order valence-electron chi connectivity index (χ3n) is 8.29. The first-order valence-electron chi connectivity index (χ1n) is 12.9. The summed E-state index contributed by atoms with van der Waals surface area (Å²) in [5, 5.41) is 19.7. The molecule has 0 bridgehead atoms. The van der Waals surface area contributed by atoms with Gasteiger partial charge in [0.1, 0.15) is 19.3 Å². The van der Waals surface area contributed by atoms with Crippen molar-refractivity contribution in [2.24, 2.45) is 22.7 Å². The van der Waals surface area contributed by atoms with E-state index in [1.54, 1.807) is 12.2 Å². The molecule has 10 nitrogen and oxygen atoms in total. The van der Waals surface area contributed by atoms with E-state index in [-0.39, 0.29) is 107 Å². The fourth-order valence-corrected chi connectivity index (χ4v) is 6.30. The minimum absolute atomic E-state index is 0. The molecule has 0 aromatic rings. The van der Waals surface area contributed by atoms with E-state index >= 15 is 0 Å². The first-order valence-corrected chi connectivity index (χ1v) is 12.9. The maximum atomic E-state index is 12.5.